The second-order valence-electron chi connectivity index (χ2n) is 5.58. The van der Waals surface area contributed by atoms with Gasteiger partial charge in [-0.15, -0.1) is 0 Å². The van der Waals surface area contributed by atoms with Crippen LogP contribution in [-0.4, -0.2) is 38.2 Å². The van der Waals surface area contributed by atoms with E-state index < -0.39 is 0 Å². The maximum atomic E-state index is 11.7. The predicted octanol–water partition coefficient (Wildman–Crippen LogP) is 1.27. The Balaban J connectivity index is 1.84. The number of hydrogen-bond donors (Lipinski definition) is 1. The lowest BCUT2D eigenvalue weighted by atomic mass is 10.2. The van der Waals surface area contributed by atoms with Gasteiger partial charge in [-0.2, -0.15) is 5.10 Å². The lowest BCUT2D eigenvalue weighted by molar-refractivity contribution is -0.119. The molecule has 7 heteroatoms. The molecule has 1 amide bonds. The third-order valence-corrected chi connectivity index (χ3v) is 4.20. The molecular weight excluding hydrogens is 292 g/mol. The van der Waals surface area contributed by atoms with Gasteiger partial charge in [0.2, 0.25) is 5.91 Å². The Morgan fingerprint density at radius 1 is 1.22 bits per heavy atom. The van der Waals surface area contributed by atoms with Crippen molar-refractivity contribution in [2.75, 3.05) is 11.4 Å². The van der Waals surface area contributed by atoms with Crippen LogP contribution in [0.25, 0.3) is 16.7 Å². The summed E-state index contributed by atoms with van der Waals surface area (Å²) in [7, 11) is 0. The van der Waals surface area contributed by atoms with Gasteiger partial charge in [0.1, 0.15) is 18.2 Å². The summed E-state index contributed by atoms with van der Waals surface area (Å²) in [5, 5.41) is 5.26. The number of benzene rings is 1. The smallest absolute Gasteiger partial charge is 0.240 e. The molecule has 1 atom stereocenters. The van der Waals surface area contributed by atoms with E-state index in [1.807, 2.05) is 35.2 Å². The van der Waals surface area contributed by atoms with Gasteiger partial charge in [-0.1, -0.05) is 18.2 Å². The standard InChI is InChI=1S/C16H16N6O/c17-14(23)13-7-4-8-21(13)15-12-9-20-22(16(12)19-10-18-15)11-5-2-1-3-6-11/h1-3,5-6,9-10,13H,4,7-8H2,(H2,17,23). The van der Waals surface area contributed by atoms with Gasteiger partial charge in [0.05, 0.1) is 17.3 Å². The number of para-hydroxylation sites is 1. The Morgan fingerprint density at radius 2 is 2.04 bits per heavy atom. The summed E-state index contributed by atoms with van der Waals surface area (Å²) in [4.78, 5) is 22.4. The number of amides is 1. The van der Waals surface area contributed by atoms with Crippen LogP contribution in [-0.2, 0) is 4.79 Å². The van der Waals surface area contributed by atoms with E-state index >= 15 is 0 Å². The van der Waals surface area contributed by atoms with Crippen LogP contribution in [0.2, 0.25) is 0 Å². The number of rotatable bonds is 3. The molecule has 23 heavy (non-hydrogen) atoms. The number of anilines is 1. The van der Waals surface area contributed by atoms with Crippen molar-refractivity contribution < 1.29 is 4.79 Å². The van der Waals surface area contributed by atoms with Crippen molar-refractivity contribution in [2.45, 2.75) is 18.9 Å². The summed E-state index contributed by atoms with van der Waals surface area (Å²) in [6.07, 6.45) is 4.93. The van der Waals surface area contributed by atoms with Gasteiger partial charge in [-0.05, 0) is 25.0 Å². The van der Waals surface area contributed by atoms with E-state index in [0.29, 0.717) is 0 Å². The predicted molar refractivity (Wildman–Crippen MR) is 86.2 cm³/mol. The molecule has 0 spiro atoms. The molecule has 2 N–H and O–H groups in total. The number of carbonyl (C=O) groups is 1. The molecule has 4 rings (SSSR count). The number of fused-ring (bicyclic) bond motifs is 1. The van der Waals surface area contributed by atoms with E-state index in [2.05, 4.69) is 15.1 Å². The van der Waals surface area contributed by atoms with Crippen LogP contribution in [0.5, 0.6) is 0 Å². The monoisotopic (exact) mass is 308 g/mol. The Morgan fingerprint density at radius 3 is 2.83 bits per heavy atom. The highest BCUT2D eigenvalue weighted by Crippen LogP contribution is 2.30. The normalized spacial score (nSPS) is 17.7. The number of carbonyl (C=O) groups excluding carboxylic acids is 1. The first kappa shape index (κ1) is 13.7. The van der Waals surface area contributed by atoms with Crippen molar-refractivity contribution >= 4 is 22.8 Å². The fraction of sp³-hybridized carbons (Fsp3) is 0.250. The minimum atomic E-state index is -0.315. The number of nitrogens with two attached hydrogens (primary N) is 1. The summed E-state index contributed by atoms with van der Waals surface area (Å²) >= 11 is 0. The average Bonchev–Trinajstić information content (AvgIpc) is 3.22. The molecule has 1 unspecified atom stereocenters. The Kier molecular flexibility index (Phi) is 3.18. The van der Waals surface area contributed by atoms with E-state index in [0.717, 1.165) is 41.9 Å². The van der Waals surface area contributed by atoms with Crippen molar-refractivity contribution in [3.8, 4) is 5.69 Å². The third-order valence-electron chi connectivity index (χ3n) is 4.20. The van der Waals surface area contributed by atoms with Crippen molar-refractivity contribution in [3.05, 3.63) is 42.9 Å². The average molecular weight is 308 g/mol. The summed E-state index contributed by atoms with van der Waals surface area (Å²) < 4.78 is 1.77. The van der Waals surface area contributed by atoms with Gasteiger partial charge < -0.3 is 10.6 Å². The molecule has 1 aliphatic heterocycles. The lowest BCUT2D eigenvalue weighted by Crippen LogP contribution is -2.40. The van der Waals surface area contributed by atoms with Crippen molar-refractivity contribution in [1.29, 1.82) is 0 Å². The van der Waals surface area contributed by atoms with Crippen LogP contribution in [0.4, 0.5) is 5.82 Å². The summed E-state index contributed by atoms with van der Waals surface area (Å²) in [5.74, 6) is 0.406. The van der Waals surface area contributed by atoms with Gasteiger partial charge in [-0.3, -0.25) is 4.79 Å². The van der Waals surface area contributed by atoms with Crippen LogP contribution in [0.15, 0.2) is 42.9 Å². The minimum absolute atomic E-state index is 0.312. The lowest BCUT2D eigenvalue weighted by Gasteiger charge is -2.23. The number of primary amides is 1. The molecule has 1 aromatic carbocycles. The molecule has 2 aromatic heterocycles. The molecule has 1 fully saturated rings. The molecule has 7 nitrogen and oxygen atoms in total. The highest BCUT2D eigenvalue weighted by atomic mass is 16.1. The molecule has 0 bridgehead atoms. The topological polar surface area (TPSA) is 89.9 Å². The second-order valence-corrected chi connectivity index (χ2v) is 5.58. The molecule has 116 valence electrons. The molecule has 3 heterocycles. The van der Waals surface area contributed by atoms with E-state index in [9.17, 15) is 4.79 Å². The first-order chi connectivity index (χ1) is 11.3. The number of hydrogen-bond acceptors (Lipinski definition) is 5. The number of nitrogens with zero attached hydrogens (tertiary/aromatic N) is 5. The van der Waals surface area contributed by atoms with Crippen molar-refractivity contribution in [2.24, 2.45) is 5.73 Å². The van der Waals surface area contributed by atoms with E-state index in [1.165, 1.54) is 6.33 Å². The molecule has 0 saturated carbocycles. The first-order valence-electron chi connectivity index (χ1n) is 7.56. The molecular formula is C16H16N6O. The van der Waals surface area contributed by atoms with Gasteiger partial charge in [0.25, 0.3) is 0 Å². The zero-order chi connectivity index (χ0) is 15.8. The van der Waals surface area contributed by atoms with Crippen LogP contribution in [0.1, 0.15) is 12.8 Å². The van der Waals surface area contributed by atoms with Gasteiger partial charge in [0, 0.05) is 6.54 Å². The van der Waals surface area contributed by atoms with Crippen molar-refractivity contribution in [3.63, 3.8) is 0 Å². The highest BCUT2D eigenvalue weighted by molar-refractivity contribution is 5.91. The highest BCUT2D eigenvalue weighted by Gasteiger charge is 2.31. The maximum Gasteiger partial charge on any atom is 0.240 e. The quantitative estimate of drug-likeness (QED) is 0.787. The van der Waals surface area contributed by atoms with E-state index in [4.69, 9.17) is 5.73 Å². The Bertz CT molecular complexity index is 859. The zero-order valence-corrected chi connectivity index (χ0v) is 12.5. The first-order valence-corrected chi connectivity index (χ1v) is 7.56. The molecule has 0 aliphatic carbocycles. The maximum absolute atomic E-state index is 11.7. The largest absolute Gasteiger partial charge is 0.368 e. The van der Waals surface area contributed by atoms with Crippen LogP contribution >= 0.6 is 0 Å². The zero-order valence-electron chi connectivity index (χ0n) is 12.5. The third kappa shape index (κ3) is 2.21. The summed E-state index contributed by atoms with van der Waals surface area (Å²) in [6, 6.07) is 9.49. The van der Waals surface area contributed by atoms with Crippen LogP contribution < -0.4 is 10.6 Å². The SMILES string of the molecule is NC(=O)C1CCCN1c1ncnc2c1cnn2-c1ccccc1. The molecule has 0 radical (unpaired) electrons. The Hall–Kier alpha value is -2.96. The van der Waals surface area contributed by atoms with E-state index in [1.54, 1.807) is 10.9 Å². The van der Waals surface area contributed by atoms with Crippen LogP contribution in [0.3, 0.4) is 0 Å². The molecule has 1 aliphatic rings. The van der Waals surface area contributed by atoms with Gasteiger partial charge in [-0.25, -0.2) is 14.6 Å². The molecule has 3 aromatic rings. The van der Waals surface area contributed by atoms with Crippen LogP contribution in [0, 0.1) is 0 Å². The Labute approximate surface area is 132 Å². The second kappa shape index (κ2) is 5.35. The fourth-order valence-corrected chi connectivity index (χ4v) is 3.13. The van der Waals surface area contributed by atoms with Gasteiger partial charge >= 0.3 is 0 Å². The minimum Gasteiger partial charge on any atom is -0.368 e. The van der Waals surface area contributed by atoms with E-state index in [-0.39, 0.29) is 11.9 Å². The number of aromatic nitrogens is 4. The summed E-state index contributed by atoms with van der Waals surface area (Å²) in [5.41, 5.74) is 7.17. The van der Waals surface area contributed by atoms with Crippen molar-refractivity contribution in [1.82, 2.24) is 19.7 Å². The fourth-order valence-electron chi connectivity index (χ4n) is 3.13. The summed E-state index contributed by atoms with van der Waals surface area (Å²) in [6.45, 7) is 0.760. The molecule has 1 saturated heterocycles. The van der Waals surface area contributed by atoms with Gasteiger partial charge in [0.15, 0.2) is 5.65 Å².